The summed E-state index contributed by atoms with van der Waals surface area (Å²) < 4.78 is 0. The van der Waals surface area contributed by atoms with E-state index in [-0.39, 0.29) is 19.2 Å². The zero-order valence-electron chi connectivity index (χ0n) is 18.7. The lowest BCUT2D eigenvalue weighted by Gasteiger charge is -2.45. The molecule has 31 heavy (non-hydrogen) atoms. The van der Waals surface area contributed by atoms with Crippen LogP contribution in [0.25, 0.3) is 0 Å². The number of rotatable bonds is 10. The molecule has 0 spiro atoms. The Kier molecular flexibility index (Phi) is 10.1. The first-order chi connectivity index (χ1) is 14.5. The summed E-state index contributed by atoms with van der Waals surface area (Å²) in [5, 5.41) is 13.0. The van der Waals surface area contributed by atoms with E-state index in [1.54, 1.807) is 6.07 Å². The molecule has 2 aliphatic rings. The van der Waals surface area contributed by atoms with Crippen molar-refractivity contribution in [2.75, 3.05) is 38.0 Å². The van der Waals surface area contributed by atoms with Gasteiger partial charge in [0, 0.05) is 45.3 Å². The molecule has 0 aromatic heterocycles. The lowest BCUT2D eigenvalue weighted by Crippen LogP contribution is -2.43. The second kappa shape index (κ2) is 12.3. The number of halogens is 1. The van der Waals surface area contributed by atoms with Gasteiger partial charge >= 0.3 is 0 Å². The summed E-state index contributed by atoms with van der Waals surface area (Å²) >= 11 is 6.32. The van der Waals surface area contributed by atoms with Crippen LogP contribution in [0, 0.1) is 18.8 Å². The summed E-state index contributed by atoms with van der Waals surface area (Å²) in [4.78, 5) is 23.7. The van der Waals surface area contributed by atoms with Crippen molar-refractivity contribution < 1.29 is 9.59 Å². The highest BCUT2D eigenvalue weighted by atomic mass is 35.5. The van der Waals surface area contributed by atoms with Gasteiger partial charge in [-0.25, -0.2) is 0 Å². The topological polar surface area (TPSA) is 82.3 Å². The lowest BCUT2D eigenvalue weighted by atomic mass is 9.62. The number of hydrogen-bond acceptors (Lipinski definition) is 4. The second-order valence-corrected chi connectivity index (χ2v) is 9.30. The van der Waals surface area contributed by atoms with Crippen molar-refractivity contribution >= 4 is 29.1 Å². The zero-order valence-corrected chi connectivity index (χ0v) is 19.5. The standard InChI is InChI=1S/C23H35ClN4O2.CH2/c1-17(29)26-12-10-25-11-13-27-19-6-7-21(24)20(14-19)22(30)28-16-23-8-2-4-18(15-23)5-3-9-23;/h6-7,14,18,25,27H,2-5,8-13,15-16H2,1H3,(H,26,29)(H,28,30);1H2. The van der Waals surface area contributed by atoms with E-state index in [0.717, 1.165) is 31.2 Å². The zero-order chi connectivity index (χ0) is 21.4. The molecule has 3 rings (SSSR count). The van der Waals surface area contributed by atoms with E-state index in [4.69, 9.17) is 11.6 Å². The fourth-order valence-corrected chi connectivity index (χ4v) is 5.19. The molecular weight excluding hydrogens is 412 g/mol. The van der Waals surface area contributed by atoms with Crippen molar-refractivity contribution in [3.63, 3.8) is 0 Å². The molecule has 2 amide bonds. The normalized spacial score (nSPS) is 22.2. The molecule has 2 aliphatic carbocycles. The molecule has 0 unspecified atom stereocenters. The minimum Gasteiger partial charge on any atom is -0.384 e. The Morgan fingerprint density at radius 1 is 1.06 bits per heavy atom. The molecule has 1 aromatic carbocycles. The smallest absolute Gasteiger partial charge is 0.252 e. The molecule has 0 saturated heterocycles. The monoisotopic (exact) mass is 448 g/mol. The van der Waals surface area contributed by atoms with E-state index in [2.05, 4.69) is 21.3 Å². The number of fused-ring (bicyclic) bond motifs is 2. The molecule has 1 aromatic rings. The summed E-state index contributed by atoms with van der Waals surface area (Å²) in [7, 11) is 0. The molecule has 2 radical (unpaired) electrons. The van der Waals surface area contributed by atoms with Crippen molar-refractivity contribution in [2.45, 2.75) is 51.9 Å². The highest BCUT2D eigenvalue weighted by Crippen LogP contribution is 2.48. The summed E-state index contributed by atoms with van der Waals surface area (Å²) in [5.74, 6) is 0.750. The van der Waals surface area contributed by atoms with Crippen LogP contribution in [-0.2, 0) is 4.79 Å². The third-order valence-corrected chi connectivity index (χ3v) is 6.83. The van der Waals surface area contributed by atoms with Gasteiger partial charge in [-0.15, -0.1) is 0 Å². The van der Waals surface area contributed by atoms with Gasteiger partial charge in [-0.05, 0) is 48.8 Å². The van der Waals surface area contributed by atoms with Crippen LogP contribution in [0.1, 0.15) is 62.2 Å². The average molecular weight is 449 g/mol. The highest BCUT2D eigenvalue weighted by Gasteiger charge is 2.39. The Bertz CT molecular complexity index is 730. The van der Waals surface area contributed by atoms with Gasteiger partial charge < -0.3 is 21.3 Å². The minimum atomic E-state index is -0.0841. The first kappa shape index (κ1) is 25.5. The molecule has 4 N–H and O–H groups in total. The van der Waals surface area contributed by atoms with E-state index >= 15 is 0 Å². The predicted molar refractivity (Wildman–Crippen MR) is 127 cm³/mol. The van der Waals surface area contributed by atoms with E-state index in [1.165, 1.54) is 51.9 Å². The fraction of sp³-hybridized carbons (Fsp3) is 0.625. The van der Waals surface area contributed by atoms with Gasteiger partial charge in [0.05, 0.1) is 10.6 Å². The van der Waals surface area contributed by atoms with Gasteiger partial charge in [-0.3, -0.25) is 9.59 Å². The van der Waals surface area contributed by atoms with Crippen LogP contribution in [0.3, 0.4) is 0 Å². The van der Waals surface area contributed by atoms with Gasteiger partial charge in [0.2, 0.25) is 5.91 Å². The average Bonchev–Trinajstić information content (AvgIpc) is 2.72. The first-order valence-electron chi connectivity index (χ1n) is 11.2. The number of benzene rings is 1. The Morgan fingerprint density at radius 2 is 1.77 bits per heavy atom. The number of hydrogen-bond donors (Lipinski definition) is 4. The maximum Gasteiger partial charge on any atom is 0.252 e. The predicted octanol–water partition coefficient (Wildman–Crippen LogP) is 3.90. The Labute approximate surface area is 192 Å². The van der Waals surface area contributed by atoms with Crippen LogP contribution in [0.2, 0.25) is 5.02 Å². The van der Waals surface area contributed by atoms with Crippen LogP contribution >= 0.6 is 11.6 Å². The van der Waals surface area contributed by atoms with Gasteiger partial charge in [-0.1, -0.05) is 44.7 Å². The van der Waals surface area contributed by atoms with Crippen LogP contribution in [0.5, 0.6) is 0 Å². The van der Waals surface area contributed by atoms with E-state index in [0.29, 0.717) is 29.1 Å². The third-order valence-electron chi connectivity index (χ3n) is 6.50. The largest absolute Gasteiger partial charge is 0.384 e. The Morgan fingerprint density at radius 3 is 2.48 bits per heavy atom. The first-order valence-corrected chi connectivity index (χ1v) is 11.6. The molecule has 172 valence electrons. The SMILES string of the molecule is CC(=O)NCCNCCNc1ccc(Cl)c(C(=O)NCC23CCCC(CCC2)C3)c1.[CH2]. The molecule has 6 nitrogen and oxygen atoms in total. The molecule has 2 bridgehead atoms. The third kappa shape index (κ3) is 7.69. The van der Waals surface area contributed by atoms with Crippen molar-refractivity contribution in [2.24, 2.45) is 11.3 Å². The van der Waals surface area contributed by atoms with Crippen molar-refractivity contribution in [3.05, 3.63) is 36.2 Å². The van der Waals surface area contributed by atoms with Crippen molar-refractivity contribution in [1.82, 2.24) is 16.0 Å². The van der Waals surface area contributed by atoms with Crippen LogP contribution < -0.4 is 21.3 Å². The maximum atomic E-state index is 12.9. The van der Waals surface area contributed by atoms with Gasteiger partial charge in [-0.2, -0.15) is 0 Å². The molecule has 0 heterocycles. The molecule has 0 atom stereocenters. The molecule has 2 fully saturated rings. The van der Waals surface area contributed by atoms with Crippen LogP contribution in [0.4, 0.5) is 5.69 Å². The lowest BCUT2D eigenvalue weighted by molar-refractivity contribution is -0.118. The molecule has 7 heteroatoms. The number of anilines is 1. The second-order valence-electron chi connectivity index (χ2n) is 8.89. The van der Waals surface area contributed by atoms with Gasteiger partial charge in [0.1, 0.15) is 0 Å². The van der Waals surface area contributed by atoms with Crippen molar-refractivity contribution in [3.8, 4) is 0 Å². The van der Waals surface area contributed by atoms with Crippen molar-refractivity contribution in [1.29, 1.82) is 0 Å². The summed E-state index contributed by atoms with van der Waals surface area (Å²) in [6, 6.07) is 5.50. The number of carbonyl (C=O) groups excluding carboxylic acids is 2. The van der Waals surface area contributed by atoms with Gasteiger partial charge in [0.15, 0.2) is 0 Å². The molecular formula is C24H37ClN4O2. The minimum absolute atomic E-state index is 0. The highest BCUT2D eigenvalue weighted by molar-refractivity contribution is 6.34. The Balaban J connectivity index is 0.00000341. The number of nitrogens with one attached hydrogen (secondary N) is 4. The van der Waals surface area contributed by atoms with E-state index in [9.17, 15) is 9.59 Å². The van der Waals surface area contributed by atoms with Crippen LogP contribution in [-0.4, -0.2) is 44.5 Å². The molecule has 2 saturated carbocycles. The summed E-state index contributed by atoms with van der Waals surface area (Å²) in [6.45, 7) is 5.08. The van der Waals surface area contributed by atoms with E-state index < -0.39 is 0 Å². The number of carbonyl (C=O) groups is 2. The summed E-state index contributed by atoms with van der Waals surface area (Å²) in [5.41, 5.74) is 1.70. The van der Waals surface area contributed by atoms with E-state index in [1.807, 2.05) is 12.1 Å². The number of amides is 2. The fourth-order valence-electron chi connectivity index (χ4n) is 4.99. The Hall–Kier alpha value is -1.79. The summed E-state index contributed by atoms with van der Waals surface area (Å²) in [6.07, 6.45) is 9.02. The quantitative estimate of drug-likeness (QED) is 0.409. The molecule has 0 aliphatic heterocycles. The maximum absolute atomic E-state index is 12.9. The van der Waals surface area contributed by atoms with Crippen LogP contribution in [0.15, 0.2) is 18.2 Å². The van der Waals surface area contributed by atoms with Gasteiger partial charge in [0.25, 0.3) is 5.91 Å².